The molecular weight excluding hydrogens is 484 g/mol. The van der Waals surface area contributed by atoms with Gasteiger partial charge >= 0.3 is 5.97 Å². The van der Waals surface area contributed by atoms with Gasteiger partial charge in [0.15, 0.2) is 11.5 Å². The number of halogens is 1. The first-order chi connectivity index (χ1) is 16.1. The summed E-state index contributed by atoms with van der Waals surface area (Å²) in [6, 6.07) is 20.7. The lowest BCUT2D eigenvalue weighted by molar-refractivity contribution is -0.139. The fourth-order valence-corrected chi connectivity index (χ4v) is 4.24. The van der Waals surface area contributed by atoms with E-state index in [4.69, 9.17) is 9.47 Å². The lowest BCUT2D eigenvalue weighted by Gasteiger charge is -2.19. The van der Waals surface area contributed by atoms with E-state index in [9.17, 15) is 9.90 Å². The second-order valence-electron chi connectivity index (χ2n) is 7.67. The van der Waals surface area contributed by atoms with Crippen LogP contribution in [0.2, 0.25) is 0 Å². The molecule has 0 saturated carbocycles. The van der Waals surface area contributed by atoms with E-state index in [0.717, 1.165) is 32.1 Å². The van der Waals surface area contributed by atoms with Crippen molar-refractivity contribution in [3.63, 3.8) is 0 Å². The van der Waals surface area contributed by atoms with Crippen LogP contribution < -0.4 is 14.8 Å². The molecule has 1 heterocycles. The minimum atomic E-state index is -0.911. The van der Waals surface area contributed by atoms with Crippen LogP contribution in [0.5, 0.6) is 11.5 Å². The molecule has 4 rings (SSSR count). The molecule has 0 bridgehead atoms. The molecule has 4 aromatic rings. The van der Waals surface area contributed by atoms with Crippen molar-refractivity contribution >= 4 is 32.8 Å². The van der Waals surface area contributed by atoms with Crippen LogP contribution in [-0.2, 0) is 24.4 Å². The maximum Gasteiger partial charge on any atom is 0.321 e. The van der Waals surface area contributed by atoms with Crippen molar-refractivity contribution in [3.05, 3.63) is 94.1 Å². The van der Waals surface area contributed by atoms with E-state index in [2.05, 4.69) is 26.2 Å². The Morgan fingerprint density at radius 3 is 2.61 bits per heavy atom. The van der Waals surface area contributed by atoms with Gasteiger partial charge < -0.3 is 19.6 Å². The van der Waals surface area contributed by atoms with Gasteiger partial charge in [0.2, 0.25) is 0 Å². The molecule has 7 heteroatoms. The number of H-pyrrole nitrogens is 1. The van der Waals surface area contributed by atoms with Crippen molar-refractivity contribution < 1.29 is 19.4 Å². The topological polar surface area (TPSA) is 83.6 Å². The van der Waals surface area contributed by atoms with E-state index >= 15 is 0 Å². The van der Waals surface area contributed by atoms with Gasteiger partial charge in [-0.05, 0) is 29.3 Å². The molecule has 3 aromatic carbocycles. The third kappa shape index (κ3) is 5.38. The number of aromatic nitrogens is 1. The summed E-state index contributed by atoms with van der Waals surface area (Å²) in [5.41, 5.74) is 3.77. The number of aliphatic carboxylic acids is 1. The number of methoxy groups -OCH3 is 1. The van der Waals surface area contributed by atoms with E-state index in [1.807, 2.05) is 72.9 Å². The molecule has 1 atom stereocenters. The number of aromatic amines is 1. The molecule has 6 nitrogen and oxygen atoms in total. The molecule has 1 unspecified atom stereocenters. The van der Waals surface area contributed by atoms with E-state index in [1.165, 1.54) is 0 Å². The maximum atomic E-state index is 12.0. The molecule has 1 aromatic heterocycles. The van der Waals surface area contributed by atoms with Crippen molar-refractivity contribution in [2.45, 2.75) is 25.6 Å². The van der Waals surface area contributed by atoms with Crippen LogP contribution in [0.1, 0.15) is 16.7 Å². The van der Waals surface area contributed by atoms with Crippen molar-refractivity contribution in [2.75, 3.05) is 7.11 Å². The number of fused-ring (bicyclic) bond motifs is 1. The first kappa shape index (κ1) is 22.9. The normalized spacial score (nSPS) is 11.9. The Hall–Kier alpha value is -3.29. The number of nitrogens with one attached hydrogen (secondary N) is 2. The molecule has 0 fully saturated rings. The third-order valence-electron chi connectivity index (χ3n) is 5.54. The summed E-state index contributed by atoms with van der Waals surface area (Å²) >= 11 is 3.59. The zero-order valence-electron chi connectivity index (χ0n) is 18.2. The van der Waals surface area contributed by atoms with Crippen molar-refractivity contribution in [1.29, 1.82) is 0 Å². The van der Waals surface area contributed by atoms with Crippen molar-refractivity contribution in [3.8, 4) is 11.5 Å². The number of carboxylic acids is 1. The smallest absolute Gasteiger partial charge is 0.321 e. The lowest BCUT2D eigenvalue weighted by atomic mass is 10.0. The number of rotatable bonds is 10. The summed E-state index contributed by atoms with van der Waals surface area (Å²) in [4.78, 5) is 15.3. The molecule has 0 aliphatic heterocycles. The minimum absolute atomic E-state index is 0.293. The van der Waals surface area contributed by atoms with Crippen LogP contribution >= 0.6 is 15.9 Å². The Balaban J connectivity index is 1.54. The van der Waals surface area contributed by atoms with E-state index in [1.54, 1.807) is 7.11 Å². The summed E-state index contributed by atoms with van der Waals surface area (Å²) in [5, 5.41) is 14.1. The second-order valence-corrected chi connectivity index (χ2v) is 8.52. The van der Waals surface area contributed by atoms with Crippen LogP contribution in [0.15, 0.2) is 77.4 Å². The van der Waals surface area contributed by atoms with Gasteiger partial charge in [0.05, 0.1) is 7.11 Å². The molecule has 0 aliphatic rings. The zero-order valence-corrected chi connectivity index (χ0v) is 19.8. The predicted molar refractivity (Wildman–Crippen MR) is 132 cm³/mol. The number of hydrogen-bond acceptors (Lipinski definition) is 4. The van der Waals surface area contributed by atoms with Gasteiger partial charge in [0.25, 0.3) is 0 Å². The van der Waals surface area contributed by atoms with Crippen LogP contribution in [0.25, 0.3) is 10.9 Å². The number of para-hydroxylation sites is 1. The number of benzene rings is 3. The van der Waals surface area contributed by atoms with Gasteiger partial charge in [-0.3, -0.25) is 10.1 Å². The molecule has 0 radical (unpaired) electrons. The van der Waals surface area contributed by atoms with Crippen LogP contribution in [0.4, 0.5) is 0 Å². The van der Waals surface area contributed by atoms with Gasteiger partial charge in [0, 0.05) is 40.1 Å². The Morgan fingerprint density at radius 1 is 1.09 bits per heavy atom. The van der Waals surface area contributed by atoms with Gasteiger partial charge in [-0.25, -0.2) is 0 Å². The summed E-state index contributed by atoms with van der Waals surface area (Å²) in [6.45, 7) is 0.666. The average Bonchev–Trinajstić information content (AvgIpc) is 3.24. The van der Waals surface area contributed by atoms with Gasteiger partial charge in [-0.1, -0.05) is 64.5 Å². The highest BCUT2D eigenvalue weighted by molar-refractivity contribution is 9.10. The molecule has 0 amide bonds. The molecule has 0 spiro atoms. The Morgan fingerprint density at radius 2 is 1.85 bits per heavy atom. The Labute approximate surface area is 200 Å². The summed E-state index contributed by atoms with van der Waals surface area (Å²) in [6.07, 6.45) is 2.22. The summed E-state index contributed by atoms with van der Waals surface area (Å²) in [5.74, 6) is 0.264. The van der Waals surface area contributed by atoms with E-state index in [-0.39, 0.29) is 0 Å². The first-order valence-electron chi connectivity index (χ1n) is 10.6. The van der Waals surface area contributed by atoms with E-state index < -0.39 is 12.0 Å². The number of carbonyl (C=O) groups is 1. The van der Waals surface area contributed by atoms with Gasteiger partial charge in [-0.15, -0.1) is 0 Å². The zero-order chi connectivity index (χ0) is 23.2. The summed E-state index contributed by atoms with van der Waals surface area (Å²) < 4.78 is 12.5. The second kappa shape index (κ2) is 10.6. The fourth-order valence-electron chi connectivity index (χ4n) is 3.79. The molecule has 170 valence electrons. The quantitative estimate of drug-likeness (QED) is 0.270. The average molecular weight is 509 g/mol. The monoisotopic (exact) mass is 508 g/mol. The van der Waals surface area contributed by atoms with E-state index in [0.29, 0.717) is 31.1 Å². The minimum Gasteiger partial charge on any atom is -0.493 e. The molecule has 0 aliphatic carbocycles. The van der Waals surface area contributed by atoms with Crippen LogP contribution in [0.3, 0.4) is 0 Å². The molecule has 3 N–H and O–H groups in total. The largest absolute Gasteiger partial charge is 0.493 e. The number of ether oxygens (including phenoxy) is 2. The Kier molecular flexibility index (Phi) is 7.32. The van der Waals surface area contributed by atoms with Gasteiger partial charge in [0.1, 0.15) is 12.6 Å². The van der Waals surface area contributed by atoms with Crippen LogP contribution in [0, 0.1) is 0 Å². The molecule has 33 heavy (non-hydrogen) atoms. The highest BCUT2D eigenvalue weighted by Gasteiger charge is 2.22. The van der Waals surface area contributed by atoms with Crippen LogP contribution in [-0.4, -0.2) is 29.2 Å². The van der Waals surface area contributed by atoms with Crippen molar-refractivity contribution in [2.24, 2.45) is 0 Å². The van der Waals surface area contributed by atoms with Crippen molar-refractivity contribution in [1.82, 2.24) is 10.3 Å². The molecular formula is C26H25BrN2O4. The highest BCUT2D eigenvalue weighted by Crippen LogP contribution is 2.37. The standard InChI is InChI=1S/C26H25BrN2O4/c1-32-24-12-11-21(27)20(25(24)33-16-17-7-3-2-4-8-17)15-29-23(26(30)31)13-18-14-28-22-10-6-5-9-19(18)22/h2-12,14,23,28-29H,13,15-16H2,1H3,(H,30,31). The fraction of sp³-hybridized carbons (Fsp3) is 0.192. The van der Waals surface area contributed by atoms with Gasteiger partial charge in [-0.2, -0.15) is 0 Å². The number of hydrogen-bond donors (Lipinski definition) is 3. The SMILES string of the molecule is COc1ccc(Br)c(CNC(Cc2c[nH]c3ccccc23)C(=O)O)c1OCc1ccccc1. The summed E-state index contributed by atoms with van der Waals surface area (Å²) in [7, 11) is 1.59. The third-order valence-corrected chi connectivity index (χ3v) is 6.28. The predicted octanol–water partition coefficient (Wildman–Crippen LogP) is 5.30. The highest BCUT2D eigenvalue weighted by atomic mass is 79.9. The lowest BCUT2D eigenvalue weighted by Crippen LogP contribution is -2.38. The Bertz CT molecular complexity index is 1240. The first-order valence-corrected chi connectivity index (χ1v) is 11.4. The number of carboxylic acid groups (broad SMARTS) is 1. The maximum absolute atomic E-state index is 12.0. The molecule has 0 saturated heterocycles.